The summed E-state index contributed by atoms with van der Waals surface area (Å²) >= 11 is 0. The molecule has 0 aromatic carbocycles. The number of aromatic nitrogens is 3. The first-order chi connectivity index (χ1) is 8.78. The van der Waals surface area contributed by atoms with Crippen LogP contribution in [0.4, 0.5) is 0 Å². The van der Waals surface area contributed by atoms with Crippen molar-refractivity contribution in [3.05, 3.63) is 41.9 Å². The summed E-state index contributed by atoms with van der Waals surface area (Å²) < 4.78 is 1.87. The molecule has 0 bridgehead atoms. The van der Waals surface area contributed by atoms with Crippen molar-refractivity contribution in [2.45, 2.75) is 31.7 Å². The van der Waals surface area contributed by atoms with Crippen LogP contribution in [0.15, 0.2) is 30.6 Å². The summed E-state index contributed by atoms with van der Waals surface area (Å²) in [6.45, 7) is 2.14. The summed E-state index contributed by atoms with van der Waals surface area (Å²) in [6, 6.07) is 6.55. The number of hydrogen-bond donors (Lipinski definition) is 1. The highest BCUT2D eigenvalue weighted by molar-refractivity contribution is 5.29. The Morgan fingerprint density at radius 1 is 1.39 bits per heavy atom. The van der Waals surface area contributed by atoms with Crippen LogP contribution in [0.3, 0.4) is 0 Å². The molecular formula is C14H18N4. The van der Waals surface area contributed by atoms with Crippen molar-refractivity contribution in [2.24, 2.45) is 0 Å². The van der Waals surface area contributed by atoms with Crippen LogP contribution < -0.4 is 5.32 Å². The zero-order chi connectivity index (χ0) is 12.5. The smallest absolute Gasteiger partial charge is 0.153 e. The van der Waals surface area contributed by atoms with E-state index in [2.05, 4.69) is 34.5 Å². The Labute approximate surface area is 107 Å². The highest BCUT2D eigenvalue weighted by atomic mass is 15.3. The molecule has 2 aromatic rings. The van der Waals surface area contributed by atoms with Crippen LogP contribution in [0.25, 0.3) is 5.82 Å². The van der Waals surface area contributed by atoms with Crippen molar-refractivity contribution >= 4 is 0 Å². The zero-order valence-corrected chi connectivity index (χ0v) is 10.8. The highest BCUT2D eigenvalue weighted by Gasteiger charge is 2.25. The van der Waals surface area contributed by atoms with E-state index < -0.39 is 0 Å². The minimum Gasteiger partial charge on any atom is -0.313 e. The molecule has 4 nitrogen and oxygen atoms in total. The van der Waals surface area contributed by atoms with Crippen LogP contribution in [-0.4, -0.2) is 21.8 Å². The molecule has 0 radical (unpaired) electrons. The van der Waals surface area contributed by atoms with Crippen LogP contribution in [-0.2, 0) is 0 Å². The third-order valence-electron chi connectivity index (χ3n) is 3.54. The van der Waals surface area contributed by atoms with Crippen molar-refractivity contribution in [1.82, 2.24) is 20.1 Å². The van der Waals surface area contributed by atoms with Gasteiger partial charge in [0.05, 0.1) is 5.69 Å². The van der Waals surface area contributed by atoms with Gasteiger partial charge in [0.1, 0.15) is 0 Å². The third kappa shape index (κ3) is 2.16. The molecule has 1 N–H and O–H groups in total. The predicted molar refractivity (Wildman–Crippen MR) is 70.8 cm³/mol. The number of nitrogens with one attached hydrogen (secondary N) is 1. The number of hydrogen-bond acceptors (Lipinski definition) is 3. The number of rotatable bonds is 4. The SMILES string of the molecule is CNC(C)c1ccnc(-n2ccc(C3CC3)n2)c1. The van der Waals surface area contributed by atoms with E-state index in [9.17, 15) is 0 Å². The molecule has 0 saturated heterocycles. The summed E-state index contributed by atoms with van der Waals surface area (Å²) in [5.74, 6) is 1.58. The summed E-state index contributed by atoms with van der Waals surface area (Å²) in [6.07, 6.45) is 6.41. The second-order valence-electron chi connectivity index (χ2n) is 4.92. The maximum Gasteiger partial charge on any atom is 0.153 e. The van der Waals surface area contributed by atoms with Crippen molar-refractivity contribution < 1.29 is 0 Å². The molecule has 2 aromatic heterocycles. The van der Waals surface area contributed by atoms with Gasteiger partial charge in [-0.25, -0.2) is 9.67 Å². The van der Waals surface area contributed by atoms with Gasteiger partial charge in [0.15, 0.2) is 5.82 Å². The molecule has 2 heterocycles. The van der Waals surface area contributed by atoms with Crippen LogP contribution >= 0.6 is 0 Å². The van der Waals surface area contributed by atoms with Gasteiger partial charge in [-0.3, -0.25) is 0 Å². The Balaban J connectivity index is 1.90. The van der Waals surface area contributed by atoms with Gasteiger partial charge in [0, 0.05) is 24.4 Å². The second-order valence-corrected chi connectivity index (χ2v) is 4.92. The topological polar surface area (TPSA) is 42.7 Å². The average Bonchev–Trinajstić information content (AvgIpc) is 3.15. The molecule has 4 heteroatoms. The molecule has 18 heavy (non-hydrogen) atoms. The van der Waals surface area contributed by atoms with Gasteiger partial charge in [0.2, 0.25) is 0 Å². The lowest BCUT2D eigenvalue weighted by Gasteiger charge is -2.11. The largest absolute Gasteiger partial charge is 0.313 e. The predicted octanol–water partition coefficient (Wildman–Crippen LogP) is 2.43. The molecule has 3 rings (SSSR count). The molecule has 1 atom stereocenters. The number of pyridine rings is 1. The number of nitrogens with zero attached hydrogens (tertiary/aromatic N) is 3. The van der Waals surface area contributed by atoms with Crippen molar-refractivity contribution in [3.8, 4) is 5.82 Å². The Morgan fingerprint density at radius 2 is 2.22 bits per heavy atom. The quantitative estimate of drug-likeness (QED) is 0.895. The van der Waals surface area contributed by atoms with E-state index in [4.69, 9.17) is 0 Å². The summed E-state index contributed by atoms with van der Waals surface area (Å²) in [5.41, 5.74) is 2.43. The summed E-state index contributed by atoms with van der Waals surface area (Å²) in [7, 11) is 1.96. The van der Waals surface area contributed by atoms with Gasteiger partial charge < -0.3 is 5.32 Å². The Hall–Kier alpha value is -1.68. The summed E-state index contributed by atoms with van der Waals surface area (Å²) in [4.78, 5) is 4.39. The van der Waals surface area contributed by atoms with E-state index in [1.165, 1.54) is 24.1 Å². The molecule has 0 aliphatic heterocycles. The van der Waals surface area contributed by atoms with Crippen LogP contribution in [0.2, 0.25) is 0 Å². The lowest BCUT2D eigenvalue weighted by atomic mass is 10.1. The maximum absolute atomic E-state index is 4.60. The van der Waals surface area contributed by atoms with Gasteiger partial charge >= 0.3 is 0 Å². The third-order valence-corrected chi connectivity index (χ3v) is 3.54. The molecule has 94 valence electrons. The minimum atomic E-state index is 0.324. The van der Waals surface area contributed by atoms with Gasteiger partial charge in [-0.2, -0.15) is 5.10 Å². The molecule has 1 aliphatic carbocycles. The molecule has 0 amide bonds. The van der Waals surface area contributed by atoms with Gasteiger partial charge in [-0.15, -0.1) is 0 Å². The van der Waals surface area contributed by atoms with E-state index in [1.807, 2.05) is 30.2 Å². The Bertz CT molecular complexity index is 542. The fourth-order valence-electron chi connectivity index (χ4n) is 2.06. The summed E-state index contributed by atoms with van der Waals surface area (Å²) in [5, 5.41) is 7.84. The van der Waals surface area contributed by atoms with E-state index in [0.717, 1.165) is 5.82 Å². The second kappa shape index (κ2) is 4.53. The molecule has 1 unspecified atom stereocenters. The van der Waals surface area contributed by atoms with Gasteiger partial charge in [-0.1, -0.05) is 0 Å². The lowest BCUT2D eigenvalue weighted by Crippen LogP contribution is -2.13. The monoisotopic (exact) mass is 242 g/mol. The van der Waals surface area contributed by atoms with E-state index in [1.54, 1.807) is 0 Å². The van der Waals surface area contributed by atoms with Gasteiger partial charge in [-0.05, 0) is 50.6 Å². The molecule has 1 aliphatic rings. The average molecular weight is 242 g/mol. The van der Waals surface area contributed by atoms with Crippen molar-refractivity contribution in [3.63, 3.8) is 0 Å². The highest BCUT2D eigenvalue weighted by Crippen LogP contribution is 2.38. The van der Waals surface area contributed by atoms with Crippen LogP contribution in [0.5, 0.6) is 0 Å². The lowest BCUT2D eigenvalue weighted by molar-refractivity contribution is 0.649. The van der Waals surface area contributed by atoms with Crippen molar-refractivity contribution in [1.29, 1.82) is 0 Å². The van der Waals surface area contributed by atoms with Crippen LogP contribution in [0.1, 0.15) is 43.0 Å². The first kappa shape index (κ1) is 11.4. The Kier molecular flexibility index (Phi) is 2.88. The molecule has 0 spiro atoms. The van der Waals surface area contributed by atoms with E-state index in [0.29, 0.717) is 12.0 Å². The fraction of sp³-hybridized carbons (Fsp3) is 0.429. The molecule has 1 saturated carbocycles. The van der Waals surface area contributed by atoms with E-state index in [-0.39, 0.29) is 0 Å². The standard InChI is InChI=1S/C14H18N4/c1-10(15-2)12-5-7-16-14(9-12)18-8-6-13(17-18)11-3-4-11/h5-11,15H,3-4H2,1-2H3. The zero-order valence-electron chi connectivity index (χ0n) is 10.8. The van der Waals surface area contributed by atoms with E-state index >= 15 is 0 Å². The minimum absolute atomic E-state index is 0.324. The fourth-order valence-corrected chi connectivity index (χ4v) is 2.06. The molecule has 1 fully saturated rings. The molecular weight excluding hydrogens is 224 g/mol. The normalized spacial score (nSPS) is 16.8. The van der Waals surface area contributed by atoms with Crippen molar-refractivity contribution in [2.75, 3.05) is 7.05 Å². The van der Waals surface area contributed by atoms with Crippen LogP contribution in [0, 0.1) is 0 Å². The first-order valence-corrected chi connectivity index (χ1v) is 6.47. The Morgan fingerprint density at radius 3 is 2.94 bits per heavy atom. The first-order valence-electron chi connectivity index (χ1n) is 6.47. The maximum atomic E-state index is 4.60. The van der Waals surface area contributed by atoms with Gasteiger partial charge in [0.25, 0.3) is 0 Å².